The van der Waals surface area contributed by atoms with Gasteiger partial charge in [0.15, 0.2) is 0 Å². The molecule has 1 saturated heterocycles. The Morgan fingerprint density at radius 3 is 3.19 bits per heavy atom. The Bertz CT molecular complexity index is 329. The zero-order valence-electron chi connectivity index (χ0n) is 10.2. The van der Waals surface area contributed by atoms with Gasteiger partial charge in [-0.2, -0.15) is 5.10 Å². The molecule has 4 heteroatoms. The molecule has 1 fully saturated rings. The van der Waals surface area contributed by atoms with Crippen molar-refractivity contribution in [3.05, 3.63) is 17.5 Å². The van der Waals surface area contributed by atoms with Crippen molar-refractivity contribution in [2.24, 2.45) is 0 Å². The second-order valence-electron chi connectivity index (χ2n) is 4.40. The summed E-state index contributed by atoms with van der Waals surface area (Å²) in [7, 11) is 0. The van der Waals surface area contributed by atoms with Crippen molar-refractivity contribution in [2.75, 3.05) is 13.2 Å². The van der Waals surface area contributed by atoms with Crippen LogP contribution in [0.5, 0.6) is 0 Å². The zero-order valence-corrected chi connectivity index (χ0v) is 10.2. The Balaban J connectivity index is 1.79. The van der Waals surface area contributed by atoms with Crippen LogP contribution >= 0.6 is 0 Å². The van der Waals surface area contributed by atoms with E-state index in [2.05, 4.69) is 23.4 Å². The third-order valence-electron chi connectivity index (χ3n) is 3.02. The van der Waals surface area contributed by atoms with Crippen molar-refractivity contribution in [1.82, 2.24) is 15.1 Å². The minimum Gasteiger partial charge on any atom is -0.374 e. The molecule has 1 aromatic heterocycles. The molecule has 2 heterocycles. The van der Waals surface area contributed by atoms with Crippen molar-refractivity contribution in [1.29, 1.82) is 0 Å². The summed E-state index contributed by atoms with van der Waals surface area (Å²) in [5, 5.41) is 7.83. The van der Waals surface area contributed by atoms with Gasteiger partial charge in [-0.05, 0) is 39.3 Å². The molecule has 1 N–H and O–H groups in total. The van der Waals surface area contributed by atoms with E-state index < -0.39 is 0 Å². The van der Waals surface area contributed by atoms with Crippen LogP contribution in [0.1, 0.15) is 31.2 Å². The van der Waals surface area contributed by atoms with Gasteiger partial charge in [0.2, 0.25) is 0 Å². The van der Waals surface area contributed by atoms with Crippen molar-refractivity contribution in [3.63, 3.8) is 0 Å². The lowest BCUT2D eigenvalue weighted by molar-refractivity contribution is 0.0981. The molecule has 4 nitrogen and oxygen atoms in total. The number of aromatic nitrogens is 2. The Labute approximate surface area is 97.0 Å². The highest BCUT2D eigenvalue weighted by Crippen LogP contribution is 2.08. The van der Waals surface area contributed by atoms with Crippen LogP contribution in [-0.2, 0) is 17.9 Å². The molecule has 16 heavy (non-hydrogen) atoms. The summed E-state index contributed by atoms with van der Waals surface area (Å²) in [6.07, 6.45) is 2.52. The number of nitrogens with one attached hydrogen (secondary N) is 1. The first-order valence-corrected chi connectivity index (χ1v) is 6.14. The molecule has 0 saturated carbocycles. The van der Waals surface area contributed by atoms with Crippen LogP contribution < -0.4 is 5.32 Å². The smallest absolute Gasteiger partial charge is 0.0885 e. The summed E-state index contributed by atoms with van der Waals surface area (Å²) in [5.41, 5.74) is 2.25. The van der Waals surface area contributed by atoms with E-state index in [0.29, 0.717) is 12.6 Å². The highest BCUT2D eigenvalue weighted by atomic mass is 16.5. The summed E-state index contributed by atoms with van der Waals surface area (Å²) >= 11 is 0. The van der Waals surface area contributed by atoms with Crippen LogP contribution in [0.4, 0.5) is 0 Å². The van der Waals surface area contributed by atoms with E-state index in [1.807, 2.05) is 11.6 Å². The summed E-state index contributed by atoms with van der Waals surface area (Å²) in [4.78, 5) is 0. The second kappa shape index (κ2) is 5.46. The molecule has 90 valence electrons. The largest absolute Gasteiger partial charge is 0.374 e. The fraction of sp³-hybridized carbons (Fsp3) is 0.750. The van der Waals surface area contributed by atoms with E-state index in [0.717, 1.165) is 25.4 Å². The van der Waals surface area contributed by atoms with Gasteiger partial charge in [-0.15, -0.1) is 0 Å². The first-order chi connectivity index (χ1) is 7.79. The van der Waals surface area contributed by atoms with E-state index in [1.165, 1.54) is 18.5 Å². The van der Waals surface area contributed by atoms with Crippen LogP contribution in [0.25, 0.3) is 0 Å². The van der Waals surface area contributed by atoms with Crippen LogP contribution in [0.2, 0.25) is 0 Å². The Morgan fingerprint density at radius 1 is 1.62 bits per heavy atom. The minimum atomic E-state index is 0.555. The average Bonchev–Trinajstić information content (AvgIpc) is 2.88. The number of nitrogens with zero attached hydrogens (tertiary/aromatic N) is 2. The summed E-state index contributed by atoms with van der Waals surface area (Å²) in [5.74, 6) is 0. The van der Waals surface area contributed by atoms with Gasteiger partial charge in [-0.1, -0.05) is 0 Å². The van der Waals surface area contributed by atoms with Gasteiger partial charge in [0.1, 0.15) is 0 Å². The molecule has 0 bridgehead atoms. The van der Waals surface area contributed by atoms with Crippen molar-refractivity contribution < 1.29 is 4.74 Å². The monoisotopic (exact) mass is 223 g/mol. The van der Waals surface area contributed by atoms with Crippen LogP contribution in [0.15, 0.2) is 6.07 Å². The maximum atomic E-state index is 5.74. The van der Waals surface area contributed by atoms with Gasteiger partial charge in [0, 0.05) is 12.6 Å². The molecule has 1 aliphatic heterocycles. The lowest BCUT2D eigenvalue weighted by Gasteiger charge is -2.11. The molecule has 0 aromatic carbocycles. The maximum absolute atomic E-state index is 5.74. The fourth-order valence-electron chi connectivity index (χ4n) is 2.19. The SMILES string of the molecule is CCn1nc(C)cc1COCC1CCCN1. The molecule has 1 aromatic rings. The lowest BCUT2D eigenvalue weighted by atomic mass is 10.2. The van der Waals surface area contributed by atoms with E-state index >= 15 is 0 Å². The summed E-state index contributed by atoms with van der Waals surface area (Å²) < 4.78 is 7.75. The highest BCUT2D eigenvalue weighted by molar-refractivity contribution is 5.07. The zero-order chi connectivity index (χ0) is 11.4. The fourth-order valence-corrected chi connectivity index (χ4v) is 2.19. The Morgan fingerprint density at radius 2 is 2.50 bits per heavy atom. The Hall–Kier alpha value is -0.870. The number of ether oxygens (including phenoxy) is 1. The quantitative estimate of drug-likeness (QED) is 0.822. The third-order valence-corrected chi connectivity index (χ3v) is 3.02. The highest BCUT2D eigenvalue weighted by Gasteiger charge is 2.14. The number of hydrogen-bond acceptors (Lipinski definition) is 3. The summed E-state index contributed by atoms with van der Waals surface area (Å²) in [6.45, 7) is 7.66. The molecule has 0 radical (unpaired) electrons. The minimum absolute atomic E-state index is 0.555. The van der Waals surface area contributed by atoms with E-state index in [-0.39, 0.29) is 0 Å². The molecule has 1 aliphatic rings. The molecule has 0 spiro atoms. The van der Waals surface area contributed by atoms with Gasteiger partial charge in [0.25, 0.3) is 0 Å². The normalized spacial score (nSPS) is 20.5. The van der Waals surface area contributed by atoms with Crippen molar-refractivity contribution in [2.45, 2.75) is 45.9 Å². The third kappa shape index (κ3) is 2.83. The first-order valence-electron chi connectivity index (χ1n) is 6.14. The predicted octanol–water partition coefficient (Wildman–Crippen LogP) is 1.48. The van der Waals surface area contributed by atoms with Gasteiger partial charge >= 0.3 is 0 Å². The van der Waals surface area contributed by atoms with Gasteiger partial charge in [0.05, 0.1) is 24.6 Å². The number of hydrogen-bond donors (Lipinski definition) is 1. The van der Waals surface area contributed by atoms with E-state index in [4.69, 9.17) is 4.74 Å². The van der Waals surface area contributed by atoms with Crippen LogP contribution in [0.3, 0.4) is 0 Å². The molecule has 1 atom stereocenters. The first kappa shape index (κ1) is 11.6. The average molecular weight is 223 g/mol. The van der Waals surface area contributed by atoms with E-state index in [1.54, 1.807) is 0 Å². The summed E-state index contributed by atoms with van der Waals surface area (Å²) in [6, 6.07) is 2.66. The van der Waals surface area contributed by atoms with Crippen molar-refractivity contribution >= 4 is 0 Å². The molecule has 0 aliphatic carbocycles. The van der Waals surface area contributed by atoms with Gasteiger partial charge in [-0.25, -0.2) is 0 Å². The second-order valence-corrected chi connectivity index (χ2v) is 4.40. The molecule has 1 unspecified atom stereocenters. The number of rotatable bonds is 5. The Kier molecular flexibility index (Phi) is 3.96. The predicted molar refractivity (Wildman–Crippen MR) is 63.3 cm³/mol. The number of aryl methyl sites for hydroxylation is 2. The molecule has 0 amide bonds. The molecule has 2 rings (SSSR count). The van der Waals surface area contributed by atoms with Gasteiger partial charge < -0.3 is 10.1 Å². The van der Waals surface area contributed by atoms with E-state index in [9.17, 15) is 0 Å². The molecular weight excluding hydrogens is 202 g/mol. The standard InChI is InChI=1S/C12H21N3O/c1-3-15-12(7-10(2)14-15)9-16-8-11-5-4-6-13-11/h7,11,13H,3-6,8-9H2,1-2H3. The van der Waals surface area contributed by atoms with Gasteiger partial charge in [-0.3, -0.25) is 4.68 Å². The van der Waals surface area contributed by atoms with Crippen LogP contribution in [-0.4, -0.2) is 29.0 Å². The lowest BCUT2D eigenvalue weighted by Crippen LogP contribution is -2.26. The van der Waals surface area contributed by atoms with Crippen LogP contribution in [0, 0.1) is 6.92 Å². The van der Waals surface area contributed by atoms with Crippen molar-refractivity contribution in [3.8, 4) is 0 Å². The maximum Gasteiger partial charge on any atom is 0.0885 e. The topological polar surface area (TPSA) is 39.1 Å². The molecular formula is C12H21N3O.